The van der Waals surface area contributed by atoms with Gasteiger partial charge in [-0.3, -0.25) is 10.2 Å². The zero-order valence-corrected chi connectivity index (χ0v) is 13.9. The van der Waals surface area contributed by atoms with Gasteiger partial charge in [0.15, 0.2) is 5.82 Å². The van der Waals surface area contributed by atoms with Gasteiger partial charge in [-0.15, -0.1) is 0 Å². The lowest BCUT2D eigenvalue weighted by Gasteiger charge is -2.12. The van der Waals surface area contributed by atoms with Crippen molar-refractivity contribution in [1.82, 2.24) is 9.66 Å². The number of nitrogens with zero attached hydrogens (tertiary/aromatic N) is 2. The molecule has 5 nitrogen and oxygen atoms in total. The Bertz CT molecular complexity index is 852. The summed E-state index contributed by atoms with van der Waals surface area (Å²) in [6, 6.07) is 16.8. The molecular formula is C19H19N3O2. The average molecular weight is 321 g/mol. The third kappa shape index (κ3) is 3.01. The van der Waals surface area contributed by atoms with Crippen molar-refractivity contribution in [2.24, 2.45) is 0 Å². The van der Waals surface area contributed by atoms with Gasteiger partial charge in [0, 0.05) is 11.1 Å². The van der Waals surface area contributed by atoms with E-state index in [1.54, 1.807) is 36.1 Å². The summed E-state index contributed by atoms with van der Waals surface area (Å²) in [4.78, 5) is 17.1. The number of methoxy groups -OCH3 is 1. The minimum atomic E-state index is -0.199. The Morgan fingerprint density at radius 1 is 1.04 bits per heavy atom. The third-order valence-corrected chi connectivity index (χ3v) is 3.94. The van der Waals surface area contributed by atoms with Crippen LogP contribution in [0.2, 0.25) is 0 Å². The quantitative estimate of drug-likeness (QED) is 0.799. The highest BCUT2D eigenvalue weighted by Crippen LogP contribution is 2.21. The van der Waals surface area contributed by atoms with Crippen LogP contribution in [-0.4, -0.2) is 22.7 Å². The molecule has 1 amide bonds. The number of carbonyl (C=O) groups is 1. The summed E-state index contributed by atoms with van der Waals surface area (Å²) < 4.78 is 6.85. The monoisotopic (exact) mass is 321 g/mol. The number of imidazole rings is 1. The highest BCUT2D eigenvalue weighted by molar-refractivity contribution is 6.00. The van der Waals surface area contributed by atoms with E-state index in [4.69, 9.17) is 4.74 Å². The summed E-state index contributed by atoms with van der Waals surface area (Å²) in [6.45, 7) is 3.86. The second kappa shape index (κ2) is 6.58. The number of ether oxygens (including phenoxy) is 1. The summed E-state index contributed by atoms with van der Waals surface area (Å²) >= 11 is 0. The maximum Gasteiger partial charge on any atom is 0.270 e. The predicted molar refractivity (Wildman–Crippen MR) is 93.8 cm³/mol. The van der Waals surface area contributed by atoms with Crippen LogP contribution in [0.3, 0.4) is 0 Å². The molecular weight excluding hydrogens is 302 g/mol. The van der Waals surface area contributed by atoms with Crippen LogP contribution in [0.1, 0.15) is 21.7 Å². The lowest BCUT2D eigenvalue weighted by atomic mass is 10.2. The smallest absolute Gasteiger partial charge is 0.270 e. The van der Waals surface area contributed by atoms with Crippen LogP contribution in [0.15, 0.2) is 54.6 Å². The molecule has 1 N–H and O–H groups in total. The van der Waals surface area contributed by atoms with Crippen molar-refractivity contribution < 1.29 is 9.53 Å². The van der Waals surface area contributed by atoms with E-state index >= 15 is 0 Å². The number of nitrogens with one attached hydrogen (secondary N) is 1. The Morgan fingerprint density at radius 3 is 2.33 bits per heavy atom. The highest BCUT2D eigenvalue weighted by atomic mass is 16.5. The van der Waals surface area contributed by atoms with Crippen LogP contribution in [0.5, 0.6) is 5.75 Å². The predicted octanol–water partition coefficient (Wildman–Crippen LogP) is 3.56. The van der Waals surface area contributed by atoms with E-state index in [2.05, 4.69) is 10.4 Å². The fourth-order valence-electron chi connectivity index (χ4n) is 2.44. The first-order valence-electron chi connectivity index (χ1n) is 7.67. The van der Waals surface area contributed by atoms with Gasteiger partial charge in [0.25, 0.3) is 5.91 Å². The molecule has 0 unspecified atom stereocenters. The molecule has 5 heteroatoms. The minimum Gasteiger partial charge on any atom is -0.497 e. The second-order valence-corrected chi connectivity index (χ2v) is 5.48. The normalized spacial score (nSPS) is 10.5. The van der Waals surface area contributed by atoms with Gasteiger partial charge in [0.2, 0.25) is 0 Å². The van der Waals surface area contributed by atoms with Gasteiger partial charge in [-0.25, -0.2) is 9.66 Å². The van der Waals surface area contributed by atoms with Gasteiger partial charge in [0.05, 0.1) is 18.5 Å². The number of benzene rings is 2. The molecule has 0 radical (unpaired) electrons. The van der Waals surface area contributed by atoms with Crippen LogP contribution >= 0.6 is 0 Å². The molecule has 0 aliphatic rings. The molecule has 3 aromatic rings. The summed E-state index contributed by atoms with van der Waals surface area (Å²) in [5.41, 5.74) is 6.21. The minimum absolute atomic E-state index is 0.199. The van der Waals surface area contributed by atoms with Crippen molar-refractivity contribution in [1.29, 1.82) is 0 Å². The lowest BCUT2D eigenvalue weighted by Crippen LogP contribution is -2.24. The van der Waals surface area contributed by atoms with E-state index in [0.717, 1.165) is 17.0 Å². The Balaban J connectivity index is 1.93. The topological polar surface area (TPSA) is 56.1 Å². The molecule has 0 saturated carbocycles. The fourth-order valence-corrected chi connectivity index (χ4v) is 2.44. The van der Waals surface area contributed by atoms with Gasteiger partial charge < -0.3 is 4.74 Å². The molecule has 0 saturated heterocycles. The summed E-state index contributed by atoms with van der Waals surface area (Å²) in [5, 5.41) is 0. The van der Waals surface area contributed by atoms with Crippen molar-refractivity contribution in [2.45, 2.75) is 13.8 Å². The SMILES string of the molecule is COc1ccc(C(=O)Nn2c(-c3ccccc3)nc(C)c2C)cc1. The van der Waals surface area contributed by atoms with Crippen molar-refractivity contribution in [3.8, 4) is 17.1 Å². The summed E-state index contributed by atoms with van der Waals surface area (Å²) in [7, 11) is 1.60. The average Bonchev–Trinajstić information content (AvgIpc) is 2.91. The largest absolute Gasteiger partial charge is 0.497 e. The van der Waals surface area contributed by atoms with E-state index in [1.807, 2.05) is 44.2 Å². The highest BCUT2D eigenvalue weighted by Gasteiger charge is 2.15. The first-order valence-corrected chi connectivity index (χ1v) is 7.67. The molecule has 3 rings (SSSR count). The molecule has 0 fully saturated rings. The molecule has 2 aromatic carbocycles. The Hall–Kier alpha value is -3.08. The maximum atomic E-state index is 12.6. The van der Waals surface area contributed by atoms with Crippen molar-refractivity contribution >= 4 is 5.91 Å². The van der Waals surface area contributed by atoms with Crippen LogP contribution in [0, 0.1) is 13.8 Å². The van der Waals surface area contributed by atoms with Gasteiger partial charge in [-0.2, -0.15) is 0 Å². The molecule has 122 valence electrons. The number of hydrogen-bond acceptors (Lipinski definition) is 3. The van der Waals surface area contributed by atoms with E-state index in [-0.39, 0.29) is 5.91 Å². The van der Waals surface area contributed by atoms with E-state index in [9.17, 15) is 4.79 Å². The van der Waals surface area contributed by atoms with Crippen molar-refractivity contribution in [2.75, 3.05) is 12.5 Å². The van der Waals surface area contributed by atoms with Gasteiger partial charge in [-0.05, 0) is 38.1 Å². The van der Waals surface area contributed by atoms with Crippen molar-refractivity contribution in [3.05, 3.63) is 71.5 Å². The lowest BCUT2D eigenvalue weighted by molar-refractivity contribution is 0.101. The van der Waals surface area contributed by atoms with E-state index in [0.29, 0.717) is 17.1 Å². The van der Waals surface area contributed by atoms with E-state index in [1.165, 1.54) is 0 Å². The van der Waals surface area contributed by atoms with Crippen LogP contribution in [0.4, 0.5) is 0 Å². The molecule has 0 spiro atoms. The number of aryl methyl sites for hydroxylation is 1. The number of hydrogen-bond donors (Lipinski definition) is 1. The van der Waals surface area contributed by atoms with Crippen LogP contribution in [-0.2, 0) is 0 Å². The standard InChI is InChI=1S/C19H19N3O2/c1-13-14(2)22(18(20-13)15-7-5-4-6-8-15)21-19(23)16-9-11-17(24-3)12-10-16/h4-12H,1-3H3,(H,21,23). The first-order chi connectivity index (χ1) is 11.6. The number of amides is 1. The zero-order chi connectivity index (χ0) is 17.1. The van der Waals surface area contributed by atoms with Gasteiger partial charge in [0.1, 0.15) is 5.75 Å². The molecule has 1 heterocycles. The van der Waals surface area contributed by atoms with Gasteiger partial charge >= 0.3 is 0 Å². The molecule has 0 bridgehead atoms. The second-order valence-electron chi connectivity index (χ2n) is 5.48. The molecule has 0 atom stereocenters. The third-order valence-electron chi connectivity index (χ3n) is 3.94. The summed E-state index contributed by atoms with van der Waals surface area (Å²) in [6.07, 6.45) is 0. The van der Waals surface area contributed by atoms with Crippen LogP contribution in [0.25, 0.3) is 11.4 Å². The van der Waals surface area contributed by atoms with Gasteiger partial charge in [-0.1, -0.05) is 30.3 Å². The Labute approximate surface area is 140 Å². The van der Waals surface area contributed by atoms with Crippen LogP contribution < -0.4 is 10.2 Å². The number of aromatic nitrogens is 2. The first kappa shape index (κ1) is 15.8. The summed E-state index contributed by atoms with van der Waals surface area (Å²) in [5.74, 6) is 1.23. The molecule has 0 aliphatic carbocycles. The Kier molecular flexibility index (Phi) is 4.33. The van der Waals surface area contributed by atoms with E-state index < -0.39 is 0 Å². The van der Waals surface area contributed by atoms with Crippen molar-refractivity contribution in [3.63, 3.8) is 0 Å². The Morgan fingerprint density at radius 2 is 1.71 bits per heavy atom. The number of rotatable bonds is 4. The number of carbonyl (C=O) groups excluding carboxylic acids is 1. The molecule has 0 aliphatic heterocycles. The fraction of sp³-hybridized carbons (Fsp3) is 0.158. The molecule has 24 heavy (non-hydrogen) atoms. The zero-order valence-electron chi connectivity index (χ0n) is 13.9. The molecule has 1 aromatic heterocycles. The maximum absolute atomic E-state index is 12.6.